The highest BCUT2D eigenvalue weighted by Crippen LogP contribution is 2.40. The SMILES string of the molecule is COCCN1C(=S)N[C@H](c2ccccn2)[C@@H]1c1cc(C)n(CCCN2CCOCC2)c1C. The van der Waals surface area contributed by atoms with Crippen molar-refractivity contribution in [2.75, 3.05) is 53.1 Å². The molecule has 4 heterocycles. The van der Waals surface area contributed by atoms with Crippen LogP contribution in [-0.2, 0) is 16.0 Å². The first-order valence-corrected chi connectivity index (χ1v) is 11.9. The number of rotatable bonds is 9. The zero-order chi connectivity index (χ0) is 22.5. The van der Waals surface area contributed by atoms with Gasteiger partial charge < -0.3 is 24.3 Å². The average molecular weight is 458 g/mol. The smallest absolute Gasteiger partial charge is 0.170 e. The van der Waals surface area contributed by atoms with E-state index in [1.807, 2.05) is 18.3 Å². The van der Waals surface area contributed by atoms with Gasteiger partial charge in [-0.05, 0) is 56.2 Å². The monoisotopic (exact) mass is 457 g/mol. The van der Waals surface area contributed by atoms with Crippen molar-refractivity contribution in [3.8, 4) is 0 Å². The minimum atomic E-state index is 0.0165. The van der Waals surface area contributed by atoms with Gasteiger partial charge in [0.15, 0.2) is 5.11 Å². The van der Waals surface area contributed by atoms with E-state index in [0.29, 0.717) is 6.61 Å². The number of nitrogens with zero attached hydrogens (tertiary/aromatic N) is 4. The molecule has 8 heteroatoms. The van der Waals surface area contributed by atoms with Crippen molar-refractivity contribution in [3.05, 3.63) is 53.1 Å². The number of pyridine rings is 1. The van der Waals surface area contributed by atoms with E-state index in [2.05, 4.69) is 50.6 Å². The summed E-state index contributed by atoms with van der Waals surface area (Å²) in [6.45, 7) is 11.7. The second kappa shape index (κ2) is 10.7. The summed E-state index contributed by atoms with van der Waals surface area (Å²) >= 11 is 5.74. The molecule has 0 spiro atoms. The van der Waals surface area contributed by atoms with Gasteiger partial charge in [-0.2, -0.15) is 0 Å². The van der Waals surface area contributed by atoms with Gasteiger partial charge in [0.2, 0.25) is 0 Å². The number of aryl methyl sites for hydroxylation is 1. The number of methoxy groups -OCH3 is 1. The first-order chi connectivity index (χ1) is 15.6. The second-order valence-corrected chi connectivity index (χ2v) is 8.99. The van der Waals surface area contributed by atoms with E-state index in [4.69, 9.17) is 21.7 Å². The summed E-state index contributed by atoms with van der Waals surface area (Å²) in [5.41, 5.74) is 4.93. The van der Waals surface area contributed by atoms with Crippen molar-refractivity contribution >= 4 is 17.3 Å². The summed E-state index contributed by atoms with van der Waals surface area (Å²) in [6.07, 6.45) is 2.98. The van der Waals surface area contributed by atoms with E-state index < -0.39 is 0 Å². The predicted molar refractivity (Wildman–Crippen MR) is 130 cm³/mol. The molecule has 0 radical (unpaired) electrons. The summed E-state index contributed by atoms with van der Waals surface area (Å²) in [4.78, 5) is 9.41. The molecule has 2 aliphatic rings. The van der Waals surface area contributed by atoms with E-state index in [1.165, 1.54) is 17.0 Å². The van der Waals surface area contributed by atoms with Gasteiger partial charge in [-0.25, -0.2) is 0 Å². The Labute approximate surface area is 196 Å². The number of morpholine rings is 1. The van der Waals surface area contributed by atoms with Crippen LogP contribution in [0.15, 0.2) is 30.5 Å². The van der Waals surface area contributed by atoms with Crippen LogP contribution in [0.3, 0.4) is 0 Å². The maximum absolute atomic E-state index is 5.74. The highest BCUT2D eigenvalue weighted by molar-refractivity contribution is 7.80. The second-order valence-electron chi connectivity index (χ2n) is 8.60. The van der Waals surface area contributed by atoms with Crippen LogP contribution in [0.5, 0.6) is 0 Å². The third-order valence-electron chi connectivity index (χ3n) is 6.63. The van der Waals surface area contributed by atoms with Crippen LogP contribution in [0.1, 0.15) is 41.1 Å². The molecule has 2 aliphatic heterocycles. The minimum absolute atomic E-state index is 0.0165. The Morgan fingerprint density at radius 2 is 2.00 bits per heavy atom. The summed E-state index contributed by atoms with van der Waals surface area (Å²) in [5.74, 6) is 0. The lowest BCUT2D eigenvalue weighted by molar-refractivity contribution is 0.0369. The van der Waals surface area contributed by atoms with Crippen LogP contribution in [-0.4, -0.2) is 77.6 Å². The first-order valence-electron chi connectivity index (χ1n) is 11.5. The Morgan fingerprint density at radius 3 is 2.72 bits per heavy atom. The highest BCUT2D eigenvalue weighted by Gasteiger charge is 2.41. The highest BCUT2D eigenvalue weighted by atomic mass is 32.1. The van der Waals surface area contributed by atoms with Crippen molar-refractivity contribution < 1.29 is 9.47 Å². The van der Waals surface area contributed by atoms with Crippen LogP contribution in [0.25, 0.3) is 0 Å². The molecule has 2 aromatic heterocycles. The Hall–Kier alpha value is -2.00. The fraction of sp³-hybridized carbons (Fsp3) is 0.583. The topological polar surface area (TPSA) is 54.8 Å². The van der Waals surface area contributed by atoms with Gasteiger partial charge in [-0.15, -0.1) is 0 Å². The molecule has 0 saturated carbocycles. The maximum atomic E-state index is 5.74. The normalized spacial score (nSPS) is 21.8. The fourth-order valence-electron chi connectivity index (χ4n) is 4.92. The zero-order valence-corrected chi connectivity index (χ0v) is 20.2. The van der Waals surface area contributed by atoms with Crippen molar-refractivity contribution in [2.45, 2.75) is 38.9 Å². The van der Waals surface area contributed by atoms with Gasteiger partial charge in [0.05, 0.1) is 37.6 Å². The molecule has 0 bridgehead atoms. The lowest BCUT2D eigenvalue weighted by atomic mass is 9.97. The fourth-order valence-corrected chi connectivity index (χ4v) is 5.25. The van der Waals surface area contributed by atoms with E-state index in [-0.39, 0.29) is 12.1 Å². The number of hydrogen-bond donors (Lipinski definition) is 1. The molecular weight excluding hydrogens is 422 g/mol. The summed E-state index contributed by atoms with van der Waals surface area (Å²) in [6, 6.07) is 8.51. The third-order valence-corrected chi connectivity index (χ3v) is 6.98. The molecule has 0 aromatic carbocycles. The number of thiocarbonyl (C=S) groups is 1. The molecule has 174 valence electrons. The van der Waals surface area contributed by atoms with Gasteiger partial charge in [0, 0.05) is 57.4 Å². The third kappa shape index (κ3) is 4.98. The van der Waals surface area contributed by atoms with Gasteiger partial charge in [-0.3, -0.25) is 9.88 Å². The Bertz CT molecular complexity index is 897. The van der Waals surface area contributed by atoms with Crippen LogP contribution in [0.4, 0.5) is 0 Å². The van der Waals surface area contributed by atoms with Gasteiger partial charge in [0.25, 0.3) is 0 Å². The molecule has 2 saturated heterocycles. The number of hydrogen-bond acceptors (Lipinski definition) is 5. The molecule has 4 rings (SSSR count). The van der Waals surface area contributed by atoms with Crippen molar-refractivity contribution in [3.63, 3.8) is 0 Å². The van der Waals surface area contributed by atoms with Crippen LogP contribution in [0.2, 0.25) is 0 Å². The molecular formula is C24H35N5O2S. The zero-order valence-electron chi connectivity index (χ0n) is 19.4. The molecule has 0 amide bonds. The molecule has 0 unspecified atom stereocenters. The van der Waals surface area contributed by atoms with Crippen LogP contribution in [0, 0.1) is 13.8 Å². The van der Waals surface area contributed by atoms with Gasteiger partial charge in [-0.1, -0.05) is 6.07 Å². The van der Waals surface area contributed by atoms with E-state index >= 15 is 0 Å². The molecule has 32 heavy (non-hydrogen) atoms. The van der Waals surface area contributed by atoms with Gasteiger partial charge >= 0.3 is 0 Å². The first kappa shape index (κ1) is 23.2. The van der Waals surface area contributed by atoms with Crippen molar-refractivity contribution in [2.24, 2.45) is 0 Å². The quantitative estimate of drug-likeness (QED) is 0.581. The lowest BCUT2D eigenvalue weighted by Crippen LogP contribution is -2.37. The molecule has 1 N–H and O–H groups in total. The summed E-state index contributed by atoms with van der Waals surface area (Å²) in [5, 5.41) is 4.30. The Morgan fingerprint density at radius 1 is 1.19 bits per heavy atom. The Kier molecular flexibility index (Phi) is 7.78. The van der Waals surface area contributed by atoms with Crippen LogP contribution < -0.4 is 5.32 Å². The van der Waals surface area contributed by atoms with Crippen molar-refractivity contribution in [1.82, 2.24) is 24.7 Å². The number of ether oxygens (including phenoxy) is 2. The largest absolute Gasteiger partial charge is 0.383 e. The summed E-state index contributed by atoms with van der Waals surface area (Å²) in [7, 11) is 1.73. The molecule has 0 aliphatic carbocycles. The molecule has 2 aromatic rings. The van der Waals surface area contributed by atoms with Gasteiger partial charge in [0.1, 0.15) is 0 Å². The predicted octanol–water partition coefficient (Wildman–Crippen LogP) is 2.84. The number of aromatic nitrogens is 2. The van der Waals surface area contributed by atoms with E-state index in [0.717, 1.165) is 63.2 Å². The standard InChI is InChI=1S/C24H35N5O2S/c1-18-17-20(19(2)28(18)10-6-9-27-11-15-31-16-12-27)23-22(21-7-4-5-8-25-21)26-24(32)29(23)13-14-30-3/h4-5,7-8,17,22-23H,6,9-16H2,1-3H3,(H,26,32)/t22-,23+/m1/s1. The maximum Gasteiger partial charge on any atom is 0.170 e. The van der Waals surface area contributed by atoms with E-state index in [9.17, 15) is 0 Å². The molecule has 7 nitrogen and oxygen atoms in total. The molecule has 2 fully saturated rings. The van der Waals surface area contributed by atoms with Crippen LogP contribution >= 0.6 is 12.2 Å². The average Bonchev–Trinajstić information content (AvgIpc) is 3.29. The van der Waals surface area contributed by atoms with E-state index in [1.54, 1.807) is 7.11 Å². The number of nitrogens with one attached hydrogen (secondary N) is 1. The minimum Gasteiger partial charge on any atom is -0.383 e. The molecule has 2 atom stereocenters. The Balaban J connectivity index is 1.56. The lowest BCUT2D eigenvalue weighted by Gasteiger charge is -2.28. The van der Waals surface area contributed by atoms with Crippen molar-refractivity contribution in [1.29, 1.82) is 0 Å². The summed E-state index contributed by atoms with van der Waals surface area (Å²) < 4.78 is 13.3.